The van der Waals surface area contributed by atoms with Crippen LogP contribution >= 0.6 is 0 Å². The van der Waals surface area contributed by atoms with Crippen molar-refractivity contribution in [3.63, 3.8) is 0 Å². The van der Waals surface area contributed by atoms with Gasteiger partial charge in [-0.2, -0.15) is 0 Å². The van der Waals surface area contributed by atoms with Gasteiger partial charge in [0.1, 0.15) is 0 Å². The van der Waals surface area contributed by atoms with Crippen molar-refractivity contribution >= 4 is 32.3 Å². The summed E-state index contributed by atoms with van der Waals surface area (Å²) in [7, 11) is 0. The maximum Gasteiger partial charge on any atom is -0.00989 e. The fraction of sp³-hybridized carbons (Fsp3) is 0.100. The van der Waals surface area contributed by atoms with Crippen LogP contribution in [0.3, 0.4) is 0 Å². The summed E-state index contributed by atoms with van der Waals surface area (Å²) >= 11 is 0. The Balaban J connectivity index is 2.28. The van der Waals surface area contributed by atoms with E-state index in [4.69, 9.17) is 0 Å². The van der Waals surface area contributed by atoms with Crippen LogP contribution in [0.15, 0.2) is 60.7 Å². The molecule has 0 aliphatic rings. The van der Waals surface area contributed by atoms with Crippen LogP contribution in [0.4, 0.5) is 0 Å². The maximum absolute atomic E-state index is 2.27. The van der Waals surface area contributed by atoms with Crippen molar-refractivity contribution in [2.75, 3.05) is 0 Å². The van der Waals surface area contributed by atoms with Gasteiger partial charge in [0.25, 0.3) is 0 Å². The molecule has 0 amide bonds. The minimum Gasteiger partial charge on any atom is -0.0613 e. The van der Waals surface area contributed by atoms with Crippen molar-refractivity contribution < 1.29 is 0 Å². The fourth-order valence-corrected chi connectivity index (χ4v) is 3.26. The predicted octanol–water partition coefficient (Wildman–Crippen LogP) is 5.76. The summed E-state index contributed by atoms with van der Waals surface area (Å²) in [6.45, 7) is 4.36. The topological polar surface area (TPSA) is 0 Å². The molecule has 0 saturated heterocycles. The molecule has 0 atom stereocenters. The van der Waals surface area contributed by atoms with E-state index in [9.17, 15) is 0 Å². The Labute approximate surface area is 118 Å². The van der Waals surface area contributed by atoms with Gasteiger partial charge in [0, 0.05) is 0 Å². The molecule has 0 aliphatic heterocycles. The summed E-state index contributed by atoms with van der Waals surface area (Å²) in [5.41, 5.74) is 2.68. The van der Waals surface area contributed by atoms with Gasteiger partial charge in [0.05, 0.1) is 0 Å². The Morgan fingerprint density at radius 1 is 0.400 bits per heavy atom. The quantitative estimate of drug-likeness (QED) is 0.351. The molecule has 0 N–H and O–H groups in total. The third kappa shape index (κ3) is 1.48. The van der Waals surface area contributed by atoms with E-state index in [0.29, 0.717) is 0 Å². The van der Waals surface area contributed by atoms with Gasteiger partial charge in [-0.3, -0.25) is 0 Å². The minimum atomic E-state index is 1.34. The number of hydrogen-bond donors (Lipinski definition) is 0. The van der Waals surface area contributed by atoms with Crippen LogP contribution in [0, 0.1) is 13.8 Å². The summed E-state index contributed by atoms with van der Waals surface area (Å²) in [6.07, 6.45) is 0. The zero-order valence-corrected chi connectivity index (χ0v) is 11.8. The van der Waals surface area contributed by atoms with E-state index in [-0.39, 0.29) is 0 Å². The highest BCUT2D eigenvalue weighted by Gasteiger charge is 2.06. The minimum absolute atomic E-state index is 1.34. The highest BCUT2D eigenvalue weighted by molar-refractivity contribution is 6.18. The zero-order chi connectivity index (χ0) is 13.7. The second-order valence-electron chi connectivity index (χ2n) is 5.57. The molecule has 0 aromatic heterocycles. The number of fused-ring (bicyclic) bond motifs is 5. The van der Waals surface area contributed by atoms with E-state index >= 15 is 0 Å². The number of benzene rings is 4. The molecule has 4 aromatic carbocycles. The summed E-state index contributed by atoms with van der Waals surface area (Å²) in [4.78, 5) is 0. The first-order chi connectivity index (χ1) is 9.75. The summed E-state index contributed by atoms with van der Waals surface area (Å²) in [5.74, 6) is 0. The second-order valence-corrected chi connectivity index (χ2v) is 5.57. The molecule has 20 heavy (non-hydrogen) atoms. The third-order valence-electron chi connectivity index (χ3n) is 4.35. The molecule has 0 nitrogen and oxygen atoms in total. The number of aryl methyl sites for hydroxylation is 2. The van der Waals surface area contributed by atoms with Gasteiger partial charge < -0.3 is 0 Å². The zero-order valence-electron chi connectivity index (χ0n) is 11.8. The maximum atomic E-state index is 2.27. The SMILES string of the molecule is Cc1cccc2c1ccc1c3cccc(C)c3ccc21. The van der Waals surface area contributed by atoms with Crippen LogP contribution < -0.4 is 0 Å². The van der Waals surface area contributed by atoms with E-state index in [2.05, 4.69) is 74.5 Å². The van der Waals surface area contributed by atoms with Crippen LogP contribution in [0.1, 0.15) is 11.1 Å². The highest BCUT2D eigenvalue weighted by atomic mass is 14.1. The largest absolute Gasteiger partial charge is 0.0613 e. The fourth-order valence-electron chi connectivity index (χ4n) is 3.26. The van der Waals surface area contributed by atoms with Crippen LogP contribution in [0.25, 0.3) is 32.3 Å². The lowest BCUT2D eigenvalue weighted by Gasteiger charge is -2.10. The van der Waals surface area contributed by atoms with Crippen LogP contribution in [0.2, 0.25) is 0 Å². The molecular formula is C20H16. The van der Waals surface area contributed by atoms with E-state index in [1.54, 1.807) is 0 Å². The molecule has 96 valence electrons. The van der Waals surface area contributed by atoms with Crippen molar-refractivity contribution in [3.8, 4) is 0 Å². The summed E-state index contributed by atoms with van der Waals surface area (Å²) in [6, 6.07) is 22.2. The Bertz CT molecular complexity index is 881. The lowest BCUT2D eigenvalue weighted by Crippen LogP contribution is -1.84. The average molecular weight is 256 g/mol. The number of hydrogen-bond acceptors (Lipinski definition) is 0. The normalized spacial score (nSPS) is 11.5. The molecular weight excluding hydrogens is 240 g/mol. The Morgan fingerprint density at radius 2 is 0.750 bits per heavy atom. The first kappa shape index (κ1) is 11.5. The van der Waals surface area contributed by atoms with Crippen molar-refractivity contribution in [3.05, 3.63) is 71.8 Å². The Hall–Kier alpha value is -2.34. The van der Waals surface area contributed by atoms with E-state index in [1.807, 2.05) is 0 Å². The summed E-state index contributed by atoms with van der Waals surface area (Å²) in [5, 5.41) is 8.12. The molecule has 4 rings (SSSR count). The Kier molecular flexibility index (Phi) is 2.34. The molecule has 0 saturated carbocycles. The molecule has 0 heteroatoms. The van der Waals surface area contributed by atoms with Gasteiger partial charge in [0.15, 0.2) is 0 Å². The molecule has 0 unspecified atom stereocenters. The van der Waals surface area contributed by atoms with Gasteiger partial charge in [0.2, 0.25) is 0 Å². The van der Waals surface area contributed by atoms with Gasteiger partial charge in [-0.05, 0) is 57.3 Å². The lowest BCUT2D eigenvalue weighted by atomic mass is 9.94. The second kappa shape index (κ2) is 4.08. The van der Waals surface area contributed by atoms with Crippen LogP contribution in [0.5, 0.6) is 0 Å². The molecule has 0 spiro atoms. The van der Waals surface area contributed by atoms with Crippen molar-refractivity contribution in [1.82, 2.24) is 0 Å². The molecule has 0 fully saturated rings. The van der Waals surface area contributed by atoms with Crippen molar-refractivity contribution in [2.24, 2.45) is 0 Å². The third-order valence-corrected chi connectivity index (χ3v) is 4.35. The first-order valence-corrected chi connectivity index (χ1v) is 7.06. The monoisotopic (exact) mass is 256 g/mol. The van der Waals surface area contributed by atoms with Gasteiger partial charge >= 0.3 is 0 Å². The summed E-state index contributed by atoms with van der Waals surface area (Å²) < 4.78 is 0. The molecule has 4 aromatic rings. The van der Waals surface area contributed by atoms with Crippen LogP contribution in [-0.4, -0.2) is 0 Å². The highest BCUT2D eigenvalue weighted by Crippen LogP contribution is 2.33. The average Bonchev–Trinajstić information content (AvgIpc) is 2.47. The number of rotatable bonds is 0. The van der Waals surface area contributed by atoms with E-state index < -0.39 is 0 Å². The lowest BCUT2D eigenvalue weighted by molar-refractivity contribution is 1.53. The smallest absolute Gasteiger partial charge is 0.00989 e. The Morgan fingerprint density at radius 3 is 1.20 bits per heavy atom. The molecule has 0 bridgehead atoms. The predicted molar refractivity (Wildman–Crippen MR) is 88.4 cm³/mol. The van der Waals surface area contributed by atoms with Crippen molar-refractivity contribution in [1.29, 1.82) is 0 Å². The van der Waals surface area contributed by atoms with Gasteiger partial charge in [-0.15, -0.1) is 0 Å². The van der Waals surface area contributed by atoms with E-state index in [0.717, 1.165) is 0 Å². The molecule has 0 heterocycles. The molecule has 0 aliphatic carbocycles. The van der Waals surface area contributed by atoms with Gasteiger partial charge in [-0.25, -0.2) is 0 Å². The molecule has 0 radical (unpaired) electrons. The first-order valence-electron chi connectivity index (χ1n) is 7.06. The van der Waals surface area contributed by atoms with Gasteiger partial charge in [-0.1, -0.05) is 60.7 Å². The van der Waals surface area contributed by atoms with Crippen molar-refractivity contribution in [2.45, 2.75) is 13.8 Å². The van der Waals surface area contributed by atoms with Crippen LogP contribution in [-0.2, 0) is 0 Å². The van der Waals surface area contributed by atoms with E-state index in [1.165, 1.54) is 43.4 Å². The standard InChI is InChI=1S/C20H16/c1-13-5-3-7-17-15(13)9-11-20-18-8-4-6-14(2)16(18)10-12-19(17)20/h3-12H,1-2H3.